The number of rotatable bonds is 4. The second kappa shape index (κ2) is 5.33. The van der Waals surface area contributed by atoms with Crippen LogP contribution in [-0.4, -0.2) is 29.1 Å². The fraction of sp³-hybridized carbons (Fsp3) is 0.562. The molecule has 3 heteroatoms. The maximum absolute atomic E-state index is 11.6. The van der Waals surface area contributed by atoms with Crippen molar-refractivity contribution in [1.82, 2.24) is 4.90 Å². The van der Waals surface area contributed by atoms with Crippen LogP contribution in [0.2, 0.25) is 0 Å². The van der Waals surface area contributed by atoms with E-state index in [9.17, 15) is 9.90 Å². The number of carboxylic acid groups (broad SMARTS) is 1. The van der Waals surface area contributed by atoms with Gasteiger partial charge in [0.25, 0.3) is 0 Å². The number of aliphatic carboxylic acids is 1. The molecule has 1 fully saturated rings. The highest BCUT2D eigenvalue weighted by Gasteiger charge is 2.46. The molecule has 104 valence electrons. The van der Waals surface area contributed by atoms with Gasteiger partial charge in [-0.25, -0.2) is 0 Å². The molecule has 0 spiro atoms. The van der Waals surface area contributed by atoms with Crippen molar-refractivity contribution < 1.29 is 9.90 Å². The predicted octanol–water partition coefficient (Wildman–Crippen LogP) is 2.93. The number of aryl methyl sites for hydroxylation is 1. The number of hydrogen-bond donors (Lipinski definition) is 1. The maximum Gasteiger partial charge on any atom is 0.311 e. The van der Waals surface area contributed by atoms with Gasteiger partial charge in [-0.2, -0.15) is 0 Å². The van der Waals surface area contributed by atoms with Gasteiger partial charge in [0.1, 0.15) is 0 Å². The molecule has 1 aliphatic rings. The quantitative estimate of drug-likeness (QED) is 0.906. The third-order valence-corrected chi connectivity index (χ3v) is 4.40. The van der Waals surface area contributed by atoms with Gasteiger partial charge < -0.3 is 5.11 Å². The minimum atomic E-state index is -0.644. The number of likely N-dealkylation sites (tertiary alicyclic amines) is 1. The molecule has 1 aromatic rings. The van der Waals surface area contributed by atoms with E-state index in [4.69, 9.17) is 0 Å². The molecule has 0 aromatic heterocycles. The van der Waals surface area contributed by atoms with Gasteiger partial charge in [0, 0.05) is 13.1 Å². The number of carboxylic acids is 1. The molecule has 0 saturated carbocycles. The average molecular weight is 261 g/mol. The van der Waals surface area contributed by atoms with Crippen LogP contribution >= 0.6 is 0 Å². The Balaban J connectivity index is 2.08. The smallest absolute Gasteiger partial charge is 0.311 e. The standard InChI is InChI=1S/C16H23NO2/c1-12(2)16(15(18)19)7-8-17(11-16)10-14-6-4-5-13(3)9-14/h4-6,9,12H,7-8,10-11H2,1-3H3,(H,18,19). The summed E-state index contributed by atoms with van der Waals surface area (Å²) in [5.41, 5.74) is 1.96. The zero-order valence-corrected chi connectivity index (χ0v) is 12.0. The Hall–Kier alpha value is -1.35. The summed E-state index contributed by atoms with van der Waals surface area (Å²) in [5.74, 6) is -0.471. The Bertz CT molecular complexity index is 470. The topological polar surface area (TPSA) is 40.5 Å². The van der Waals surface area contributed by atoms with Crippen molar-refractivity contribution in [2.75, 3.05) is 13.1 Å². The summed E-state index contributed by atoms with van der Waals surface area (Å²) in [4.78, 5) is 13.9. The highest BCUT2D eigenvalue weighted by atomic mass is 16.4. The Morgan fingerprint density at radius 2 is 2.21 bits per heavy atom. The van der Waals surface area contributed by atoms with Crippen LogP contribution in [0.4, 0.5) is 0 Å². The lowest BCUT2D eigenvalue weighted by atomic mass is 9.76. The third-order valence-electron chi connectivity index (χ3n) is 4.40. The molecule has 0 aliphatic carbocycles. The minimum Gasteiger partial charge on any atom is -0.481 e. The number of carbonyl (C=O) groups is 1. The van der Waals surface area contributed by atoms with Crippen molar-refractivity contribution in [2.45, 2.75) is 33.7 Å². The van der Waals surface area contributed by atoms with Crippen LogP contribution in [0, 0.1) is 18.3 Å². The fourth-order valence-corrected chi connectivity index (χ4v) is 3.01. The highest BCUT2D eigenvalue weighted by Crippen LogP contribution is 2.38. The molecule has 0 bridgehead atoms. The summed E-state index contributed by atoms with van der Waals surface area (Å²) in [6.07, 6.45) is 0.756. The van der Waals surface area contributed by atoms with E-state index in [1.54, 1.807) is 0 Å². The van der Waals surface area contributed by atoms with Crippen molar-refractivity contribution in [2.24, 2.45) is 11.3 Å². The van der Waals surface area contributed by atoms with Crippen LogP contribution in [0.1, 0.15) is 31.4 Å². The van der Waals surface area contributed by atoms with Gasteiger partial charge in [0.15, 0.2) is 0 Å². The SMILES string of the molecule is Cc1cccc(CN2CCC(C(=O)O)(C(C)C)C2)c1. The zero-order valence-electron chi connectivity index (χ0n) is 12.0. The van der Waals surface area contributed by atoms with Crippen LogP contribution in [0.5, 0.6) is 0 Å². The van der Waals surface area contributed by atoms with Gasteiger partial charge >= 0.3 is 5.97 Å². The van der Waals surface area contributed by atoms with E-state index in [0.29, 0.717) is 6.54 Å². The van der Waals surface area contributed by atoms with Crippen molar-refractivity contribution in [1.29, 1.82) is 0 Å². The molecule has 1 heterocycles. The van der Waals surface area contributed by atoms with Gasteiger partial charge in [-0.1, -0.05) is 43.7 Å². The molecule has 1 atom stereocenters. The third kappa shape index (κ3) is 2.81. The van der Waals surface area contributed by atoms with Crippen molar-refractivity contribution in [3.05, 3.63) is 35.4 Å². The van der Waals surface area contributed by atoms with Gasteiger partial charge in [0.05, 0.1) is 5.41 Å². The molecule has 0 amide bonds. The lowest BCUT2D eigenvalue weighted by Gasteiger charge is -2.28. The summed E-state index contributed by atoms with van der Waals surface area (Å²) < 4.78 is 0. The Kier molecular flexibility index (Phi) is 3.95. The van der Waals surface area contributed by atoms with E-state index in [2.05, 4.69) is 36.1 Å². The Labute approximate surface area is 115 Å². The Morgan fingerprint density at radius 3 is 2.74 bits per heavy atom. The molecule has 1 saturated heterocycles. The lowest BCUT2D eigenvalue weighted by molar-refractivity contribution is -0.151. The van der Waals surface area contributed by atoms with E-state index < -0.39 is 11.4 Å². The predicted molar refractivity (Wildman–Crippen MR) is 76.0 cm³/mol. The first-order valence-corrected chi connectivity index (χ1v) is 6.95. The van der Waals surface area contributed by atoms with Gasteiger partial charge in [0.2, 0.25) is 0 Å². The Morgan fingerprint density at radius 1 is 1.47 bits per heavy atom. The normalized spacial score (nSPS) is 24.0. The van der Waals surface area contributed by atoms with E-state index >= 15 is 0 Å². The molecule has 0 radical (unpaired) electrons. The largest absolute Gasteiger partial charge is 0.481 e. The molecule has 19 heavy (non-hydrogen) atoms. The van der Waals surface area contributed by atoms with Crippen molar-refractivity contribution in [3.8, 4) is 0 Å². The summed E-state index contributed by atoms with van der Waals surface area (Å²) in [5, 5.41) is 9.54. The summed E-state index contributed by atoms with van der Waals surface area (Å²) in [7, 11) is 0. The second-order valence-corrected chi connectivity index (χ2v) is 6.07. The minimum absolute atomic E-state index is 0.174. The molecule has 1 unspecified atom stereocenters. The molecule has 1 N–H and O–H groups in total. The molecular formula is C16H23NO2. The molecule has 2 rings (SSSR count). The highest BCUT2D eigenvalue weighted by molar-refractivity contribution is 5.75. The first-order chi connectivity index (χ1) is 8.94. The van der Waals surface area contributed by atoms with E-state index in [1.807, 2.05) is 13.8 Å². The van der Waals surface area contributed by atoms with Crippen LogP contribution in [0.3, 0.4) is 0 Å². The average Bonchev–Trinajstić information content (AvgIpc) is 2.74. The van der Waals surface area contributed by atoms with Crippen LogP contribution in [0.15, 0.2) is 24.3 Å². The monoisotopic (exact) mass is 261 g/mol. The molecule has 1 aliphatic heterocycles. The van der Waals surface area contributed by atoms with E-state index in [0.717, 1.165) is 19.5 Å². The van der Waals surface area contributed by atoms with Gasteiger partial charge in [-0.05, 0) is 31.4 Å². The number of nitrogens with zero attached hydrogens (tertiary/aromatic N) is 1. The maximum atomic E-state index is 11.6. The summed E-state index contributed by atoms with van der Waals surface area (Å²) in [6, 6.07) is 8.44. The van der Waals surface area contributed by atoms with E-state index in [1.165, 1.54) is 11.1 Å². The van der Waals surface area contributed by atoms with Gasteiger partial charge in [-0.15, -0.1) is 0 Å². The number of benzene rings is 1. The zero-order chi connectivity index (χ0) is 14.0. The number of hydrogen-bond acceptors (Lipinski definition) is 2. The molecule has 1 aromatic carbocycles. The van der Waals surface area contributed by atoms with Crippen molar-refractivity contribution in [3.63, 3.8) is 0 Å². The van der Waals surface area contributed by atoms with Crippen LogP contribution < -0.4 is 0 Å². The molecule has 3 nitrogen and oxygen atoms in total. The summed E-state index contributed by atoms with van der Waals surface area (Å²) >= 11 is 0. The van der Waals surface area contributed by atoms with Crippen LogP contribution in [-0.2, 0) is 11.3 Å². The first kappa shape index (κ1) is 14.1. The van der Waals surface area contributed by atoms with Crippen molar-refractivity contribution >= 4 is 5.97 Å². The fourth-order valence-electron chi connectivity index (χ4n) is 3.01. The first-order valence-electron chi connectivity index (χ1n) is 6.95. The van der Waals surface area contributed by atoms with E-state index in [-0.39, 0.29) is 5.92 Å². The van der Waals surface area contributed by atoms with Crippen LogP contribution in [0.25, 0.3) is 0 Å². The molecular weight excluding hydrogens is 238 g/mol. The summed E-state index contributed by atoms with van der Waals surface area (Å²) in [6.45, 7) is 8.51. The lowest BCUT2D eigenvalue weighted by Crippen LogP contribution is -2.39. The second-order valence-electron chi connectivity index (χ2n) is 6.07. The van der Waals surface area contributed by atoms with Gasteiger partial charge in [-0.3, -0.25) is 9.69 Å².